The van der Waals surface area contributed by atoms with Crippen LogP contribution >= 0.6 is 0 Å². The molecule has 3 rings (SSSR count). The third-order valence-corrected chi connectivity index (χ3v) is 4.90. The third-order valence-electron chi connectivity index (χ3n) is 4.90. The molecule has 1 aliphatic rings. The average molecular weight is 298 g/mol. The van der Waals surface area contributed by atoms with E-state index in [-0.39, 0.29) is 0 Å². The number of rotatable bonds is 6. The molecule has 118 valence electrons. The lowest BCUT2D eigenvalue weighted by Crippen LogP contribution is -2.43. The molecule has 0 saturated carbocycles. The molecule has 4 nitrogen and oxygen atoms in total. The van der Waals surface area contributed by atoms with Gasteiger partial charge in [-0.05, 0) is 50.6 Å². The molecule has 0 bridgehead atoms. The lowest BCUT2D eigenvalue weighted by molar-refractivity contribution is 0.227. The zero-order chi connectivity index (χ0) is 15.2. The van der Waals surface area contributed by atoms with Crippen molar-refractivity contribution in [1.82, 2.24) is 20.1 Å². The van der Waals surface area contributed by atoms with Gasteiger partial charge in [-0.3, -0.25) is 0 Å². The third kappa shape index (κ3) is 3.95. The summed E-state index contributed by atoms with van der Waals surface area (Å²) in [6, 6.07) is 11.7. The van der Waals surface area contributed by atoms with Crippen LogP contribution < -0.4 is 5.32 Å². The van der Waals surface area contributed by atoms with Crippen molar-refractivity contribution in [3.63, 3.8) is 0 Å². The van der Waals surface area contributed by atoms with Crippen LogP contribution in [0.1, 0.15) is 44.2 Å². The van der Waals surface area contributed by atoms with Crippen LogP contribution in [0.5, 0.6) is 0 Å². The highest BCUT2D eigenvalue weighted by atomic mass is 15.3. The molecule has 0 radical (unpaired) electrons. The minimum Gasteiger partial charge on any atom is -0.312 e. The number of piperidine rings is 1. The Morgan fingerprint density at radius 3 is 2.95 bits per heavy atom. The Morgan fingerprint density at radius 2 is 2.18 bits per heavy atom. The summed E-state index contributed by atoms with van der Waals surface area (Å²) < 4.78 is 1.98. The van der Waals surface area contributed by atoms with Crippen molar-refractivity contribution in [2.75, 3.05) is 6.54 Å². The second-order valence-corrected chi connectivity index (χ2v) is 6.44. The summed E-state index contributed by atoms with van der Waals surface area (Å²) in [5.41, 5.74) is 1.46. The average Bonchev–Trinajstić information content (AvgIpc) is 3.10. The highest BCUT2D eigenvalue weighted by Crippen LogP contribution is 2.27. The summed E-state index contributed by atoms with van der Waals surface area (Å²) >= 11 is 0. The van der Waals surface area contributed by atoms with E-state index >= 15 is 0 Å². The number of aromatic nitrogens is 3. The van der Waals surface area contributed by atoms with E-state index in [1.54, 1.807) is 6.33 Å². The van der Waals surface area contributed by atoms with Crippen LogP contribution in [-0.4, -0.2) is 27.4 Å². The quantitative estimate of drug-likeness (QED) is 0.890. The number of nitrogens with zero attached hydrogens (tertiary/aromatic N) is 3. The Labute approximate surface area is 133 Å². The zero-order valence-corrected chi connectivity index (χ0v) is 13.4. The fourth-order valence-electron chi connectivity index (χ4n) is 3.51. The van der Waals surface area contributed by atoms with Gasteiger partial charge in [-0.2, -0.15) is 5.10 Å². The Bertz CT molecular complexity index is 537. The summed E-state index contributed by atoms with van der Waals surface area (Å²) in [7, 11) is 0. The Kier molecular flexibility index (Phi) is 5.22. The minimum atomic E-state index is 0.374. The Morgan fingerprint density at radius 1 is 1.32 bits per heavy atom. The molecule has 0 spiro atoms. The maximum atomic E-state index is 4.28. The first kappa shape index (κ1) is 15.2. The van der Waals surface area contributed by atoms with Crippen molar-refractivity contribution < 1.29 is 0 Å². The zero-order valence-electron chi connectivity index (χ0n) is 13.4. The van der Waals surface area contributed by atoms with E-state index in [1.165, 1.54) is 37.7 Å². The Balaban J connectivity index is 1.46. The first-order valence-electron chi connectivity index (χ1n) is 8.44. The van der Waals surface area contributed by atoms with E-state index in [9.17, 15) is 0 Å². The standard InChI is InChI=1S/C18H26N4/c1-15(22-14-19-13-21-22)18-12-17(10-11-20-18)9-5-8-16-6-3-2-4-7-16/h2-4,6-7,13-15,17-18,20H,5,8-12H2,1H3. The molecule has 1 aliphatic heterocycles. The van der Waals surface area contributed by atoms with Gasteiger partial charge in [0.1, 0.15) is 12.7 Å². The SMILES string of the molecule is CC(C1CC(CCCc2ccccc2)CCN1)n1cncn1. The molecular weight excluding hydrogens is 272 g/mol. The highest BCUT2D eigenvalue weighted by Gasteiger charge is 2.26. The maximum absolute atomic E-state index is 4.28. The molecule has 1 N–H and O–H groups in total. The molecular formula is C18H26N4. The lowest BCUT2D eigenvalue weighted by atomic mass is 9.85. The van der Waals surface area contributed by atoms with E-state index in [0.717, 1.165) is 12.5 Å². The van der Waals surface area contributed by atoms with Gasteiger partial charge < -0.3 is 5.32 Å². The second-order valence-electron chi connectivity index (χ2n) is 6.44. The largest absolute Gasteiger partial charge is 0.312 e. The van der Waals surface area contributed by atoms with Crippen molar-refractivity contribution in [2.24, 2.45) is 5.92 Å². The maximum Gasteiger partial charge on any atom is 0.137 e. The van der Waals surface area contributed by atoms with E-state index in [0.29, 0.717) is 12.1 Å². The fraction of sp³-hybridized carbons (Fsp3) is 0.556. The van der Waals surface area contributed by atoms with Crippen molar-refractivity contribution in [3.05, 3.63) is 48.5 Å². The molecule has 2 aromatic rings. The van der Waals surface area contributed by atoms with Crippen molar-refractivity contribution in [2.45, 2.75) is 51.1 Å². The summed E-state index contributed by atoms with van der Waals surface area (Å²) in [5, 5.41) is 7.94. The molecule has 2 heterocycles. The summed E-state index contributed by atoms with van der Waals surface area (Å²) in [5.74, 6) is 0.834. The van der Waals surface area contributed by atoms with Crippen LogP contribution in [0, 0.1) is 5.92 Å². The second kappa shape index (κ2) is 7.54. The van der Waals surface area contributed by atoms with E-state index in [1.807, 2.05) is 11.0 Å². The van der Waals surface area contributed by atoms with Gasteiger partial charge in [-0.15, -0.1) is 0 Å². The predicted octanol–water partition coefficient (Wildman–Crippen LogP) is 3.23. The van der Waals surface area contributed by atoms with Crippen molar-refractivity contribution >= 4 is 0 Å². The van der Waals surface area contributed by atoms with Crippen LogP contribution in [0.4, 0.5) is 0 Å². The smallest absolute Gasteiger partial charge is 0.137 e. The van der Waals surface area contributed by atoms with Gasteiger partial charge in [-0.25, -0.2) is 9.67 Å². The van der Waals surface area contributed by atoms with Gasteiger partial charge in [0.2, 0.25) is 0 Å². The van der Waals surface area contributed by atoms with Crippen LogP contribution in [0.2, 0.25) is 0 Å². The molecule has 1 aromatic carbocycles. The van der Waals surface area contributed by atoms with E-state index < -0.39 is 0 Å². The Hall–Kier alpha value is -1.68. The first-order valence-corrected chi connectivity index (χ1v) is 8.44. The van der Waals surface area contributed by atoms with Crippen LogP contribution in [0.3, 0.4) is 0 Å². The highest BCUT2D eigenvalue weighted by molar-refractivity contribution is 5.14. The number of nitrogens with one attached hydrogen (secondary N) is 1. The molecule has 3 unspecified atom stereocenters. The molecule has 1 aromatic heterocycles. The minimum absolute atomic E-state index is 0.374. The number of hydrogen-bond acceptors (Lipinski definition) is 3. The number of benzene rings is 1. The lowest BCUT2D eigenvalue weighted by Gasteiger charge is -2.34. The van der Waals surface area contributed by atoms with Crippen LogP contribution in [0.25, 0.3) is 0 Å². The van der Waals surface area contributed by atoms with Crippen LogP contribution in [-0.2, 0) is 6.42 Å². The monoisotopic (exact) mass is 298 g/mol. The summed E-state index contributed by atoms with van der Waals surface area (Å²) in [4.78, 5) is 4.06. The molecule has 22 heavy (non-hydrogen) atoms. The molecule has 0 amide bonds. The fourth-order valence-corrected chi connectivity index (χ4v) is 3.51. The topological polar surface area (TPSA) is 42.7 Å². The number of aryl methyl sites for hydroxylation is 1. The van der Waals surface area contributed by atoms with Gasteiger partial charge in [0.25, 0.3) is 0 Å². The van der Waals surface area contributed by atoms with Gasteiger partial charge in [0.15, 0.2) is 0 Å². The van der Waals surface area contributed by atoms with Gasteiger partial charge >= 0.3 is 0 Å². The molecule has 4 heteroatoms. The van der Waals surface area contributed by atoms with E-state index in [2.05, 4.69) is 52.7 Å². The molecule has 0 aliphatic carbocycles. The van der Waals surface area contributed by atoms with Gasteiger partial charge in [0, 0.05) is 6.04 Å². The van der Waals surface area contributed by atoms with Crippen LogP contribution in [0.15, 0.2) is 43.0 Å². The van der Waals surface area contributed by atoms with Gasteiger partial charge in [-0.1, -0.05) is 36.8 Å². The normalized spacial score (nSPS) is 23.3. The summed E-state index contributed by atoms with van der Waals surface area (Å²) in [6.45, 7) is 3.36. The summed E-state index contributed by atoms with van der Waals surface area (Å²) in [6.07, 6.45) is 9.82. The number of hydrogen-bond donors (Lipinski definition) is 1. The van der Waals surface area contributed by atoms with Gasteiger partial charge in [0.05, 0.1) is 6.04 Å². The van der Waals surface area contributed by atoms with Crippen molar-refractivity contribution in [3.8, 4) is 0 Å². The molecule has 1 saturated heterocycles. The van der Waals surface area contributed by atoms with E-state index in [4.69, 9.17) is 0 Å². The van der Waals surface area contributed by atoms with Crippen molar-refractivity contribution in [1.29, 1.82) is 0 Å². The first-order chi connectivity index (χ1) is 10.8. The predicted molar refractivity (Wildman–Crippen MR) is 88.6 cm³/mol. The molecule has 1 fully saturated rings. The molecule has 3 atom stereocenters.